The topological polar surface area (TPSA) is 80.1 Å². The van der Waals surface area contributed by atoms with Crippen LogP contribution >= 0.6 is 0 Å². The van der Waals surface area contributed by atoms with Crippen LogP contribution in [0.2, 0.25) is 0 Å². The third-order valence-electron chi connectivity index (χ3n) is 8.79. The van der Waals surface area contributed by atoms with E-state index in [1.807, 2.05) is 79.0 Å². The predicted octanol–water partition coefficient (Wildman–Crippen LogP) is 7.32. The number of fused-ring (bicyclic) bond motifs is 1. The van der Waals surface area contributed by atoms with Crippen LogP contribution in [0.25, 0.3) is 28.3 Å². The molecular formula is C38H39N7O2. The lowest BCUT2D eigenvalue weighted by Gasteiger charge is -2.36. The second-order valence-corrected chi connectivity index (χ2v) is 12.0. The zero-order valence-electron chi connectivity index (χ0n) is 27.0. The second kappa shape index (κ2) is 13.5. The molecule has 0 amide bonds. The Balaban J connectivity index is 1.14. The van der Waals surface area contributed by atoms with E-state index in [9.17, 15) is 0 Å². The Morgan fingerprint density at radius 3 is 2.40 bits per heavy atom. The average molecular weight is 626 g/mol. The number of imidazole rings is 1. The number of pyridine rings is 1. The molecule has 3 aromatic heterocycles. The van der Waals surface area contributed by atoms with Crippen molar-refractivity contribution in [1.82, 2.24) is 24.3 Å². The number of piperidine rings is 1. The highest BCUT2D eigenvalue weighted by Crippen LogP contribution is 2.37. The van der Waals surface area contributed by atoms with Crippen molar-refractivity contribution < 1.29 is 9.47 Å². The van der Waals surface area contributed by atoms with E-state index in [0.717, 1.165) is 52.6 Å². The molecule has 0 bridgehead atoms. The lowest BCUT2D eigenvalue weighted by atomic mass is 10.0. The van der Waals surface area contributed by atoms with Crippen LogP contribution in [0.3, 0.4) is 0 Å². The van der Waals surface area contributed by atoms with Crippen molar-refractivity contribution in [2.24, 2.45) is 0 Å². The molecule has 1 aliphatic rings. The van der Waals surface area contributed by atoms with Gasteiger partial charge >= 0.3 is 0 Å². The second-order valence-electron chi connectivity index (χ2n) is 12.0. The number of nitrogens with zero attached hydrogens (tertiary/aromatic N) is 6. The summed E-state index contributed by atoms with van der Waals surface area (Å²) >= 11 is 0. The van der Waals surface area contributed by atoms with Crippen LogP contribution in [0.4, 0.5) is 17.3 Å². The minimum Gasteiger partial charge on any atom is -0.493 e. The number of nitrogens with one attached hydrogen (secondary N) is 1. The minimum absolute atomic E-state index is 0.449. The maximum absolute atomic E-state index is 6.12. The summed E-state index contributed by atoms with van der Waals surface area (Å²) in [5, 5.41) is 3.41. The number of benzene rings is 3. The monoisotopic (exact) mass is 625 g/mol. The molecule has 6 aromatic rings. The van der Waals surface area contributed by atoms with Crippen molar-refractivity contribution in [1.29, 1.82) is 0 Å². The van der Waals surface area contributed by atoms with E-state index in [4.69, 9.17) is 19.4 Å². The standard InChI is InChI=1S/C38H39N7O2/c1-43(2)30-19-23-44(24-20-30)31-15-13-29(14-16-31)40-38-39-21-18-32(41-38)37-36(42-35-11-7-8-22-45(35)37)28-12-17-33(34(25-28)46-3)47-26-27-9-5-4-6-10-27/h4-18,21-22,25,30H,19-20,23-24,26H2,1-3H3,(H,39,40,41). The molecule has 1 aliphatic heterocycles. The van der Waals surface area contributed by atoms with Crippen LogP contribution < -0.4 is 19.7 Å². The molecule has 0 radical (unpaired) electrons. The Kier molecular flexibility index (Phi) is 8.70. The molecule has 0 unspecified atom stereocenters. The van der Waals surface area contributed by atoms with Gasteiger partial charge in [-0.15, -0.1) is 0 Å². The molecule has 3 aromatic carbocycles. The van der Waals surface area contributed by atoms with Gasteiger partial charge in [0.25, 0.3) is 0 Å². The van der Waals surface area contributed by atoms with E-state index in [-0.39, 0.29) is 0 Å². The Hall–Kier alpha value is -5.41. The van der Waals surface area contributed by atoms with Gasteiger partial charge in [0.15, 0.2) is 11.5 Å². The van der Waals surface area contributed by atoms with Gasteiger partial charge in [0.1, 0.15) is 12.3 Å². The van der Waals surface area contributed by atoms with Gasteiger partial charge < -0.3 is 24.6 Å². The van der Waals surface area contributed by atoms with Crippen molar-refractivity contribution in [2.75, 3.05) is 44.5 Å². The number of methoxy groups -OCH3 is 1. The summed E-state index contributed by atoms with van der Waals surface area (Å²) in [5.41, 5.74) is 7.38. The summed E-state index contributed by atoms with van der Waals surface area (Å²) in [6.45, 7) is 2.58. The first-order valence-corrected chi connectivity index (χ1v) is 16.0. The van der Waals surface area contributed by atoms with E-state index < -0.39 is 0 Å². The van der Waals surface area contributed by atoms with Gasteiger partial charge in [-0.3, -0.25) is 4.40 Å². The van der Waals surface area contributed by atoms with Crippen molar-refractivity contribution in [3.05, 3.63) is 115 Å². The number of anilines is 3. The Labute approximate surface area is 275 Å². The molecular weight excluding hydrogens is 586 g/mol. The minimum atomic E-state index is 0.449. The number of rotatable bonds is 10. The van der Waals surface area contributed by atoms with Gasteiger partial charge in [-0.05, 0) is 93.2 Å². The van der Waals surface area contributed by atoms with Crippen LogP contribution in [0.1, 0.15) is 18.4 Å². The third kappa shape index (κ3) is 6.62. The first-order valence-electron chi connectivity index (χ1n) is 16.0. The molecule has 9 nitrogen and oxygen atoms in total. The average Bonchev–Trinajstić information content (AvgIpc) is 3.51. The fourth-order valence-electron chi connectivity index (χ4n) is 6.19. The van der Waals surface area contributed by atoms with Gasteiger partial charge in [-0.25, -0.2) is 15.0 Å². The third-order valence-corrected chi connectivity index (χ3v) is 8.79. The quantitative estimate of drug-likeness (QED) is 0.170. The Morgan fingerprint density at radius 2 is 1.64 bits per heavy atom. The van der Waals surface area contributed by atoms with E-state index in [0.29, 0.717) is 30.1 Å². The molecule has 1 N–H and O–H groups in total. The summed E-state index contributed by atoms with van der Waals surface area (Å²) in [4.78, 5) is 19.3. The molecule has 1 saturated heterocycles. The summed E-state index contributed by atoms with van der Waals surface area (Å²) < 4.78 is 13.9. The van der Waals surface area contributed by atoms with Crippen LogP contribution in [0.5, 0.6) is 11.5 Å². The fraction of sp³-hybridized carbons (Fsp3) is 0.237. The zero-order chi connectivity index (χ0) is 32.2. The summed E-state index contributed by atoms with van der Waals surface area (Å²) in [7, 11) is 6.00. The highest BCUT2D eigenvalue weighted by molar-refractivity contribution is 5.82. The van der Waals surface area contributed by atoms with E-state index in [2.05, 4.69) is 62.9 Å². The van der Waals surface area contributed by atoms with E-state index in [1.165, 1.54) is 18.5 Å². The summed E-state index contributed by atoms with van der Waals surface area (Å²) in [6.07, 6.45) is 6.14. The summed E-state index contributed by atoms with van der Waals surface area (Å²) in [5.74, 6) is 1.82. The van der Waals surface area contributed by atoms with Crippen LogP contribution in [0.15, 0.2) is 109 Å². The Morgan fingerprint density at radius 1 is 0.851 bits per heavy atom. The fourth-order valence-corrected chi connectivity index (χ4v) is 6.19. The van der Waals surface area contributed by atoms with Gasteiger partial charge in [0.05, 0.1) is 24.2 Å². The molecule has 0 spiro atoms. The number of hydrogen-bond acceptors (Lipinski definition) is 8. The summed E-state index contributed by atoms with van der Waals surface area (Å²) in [6, 6.07) is 33.1. The van der Waals surface area contributed by atoms with Crippen molar-refractivity contribution in [3.63, 3.8) is 0 Å². The van der Waals surface area contributed by atoms with Gasteiger partial charge in [-0.1, -0.05) is 36.4 Å². The van der Waals surface area contributed by atoms with Crippen LogP contribution in [0, 0.1) is 0 Å². The maximum atomic E-state index is 6.12. The number of aromatic nitrogens is 4. The molecule has 0 aliphatic carbocycles. The normalized spacial score (nSPS) is 13.7. The van der Waals surface area contributed by atoms with Crippen LogP contribution in [-0.2, 0) is 6.61 Å². The lowest BCUT2D eigenvalue weighted by Crippen LogP contribution is -2.41. The predicted molar refractivity (Wildman–Crippen MR) is 188 cm³/mol. The molecule has 1 fully saturated rings. The first kappa shape index (κ1) is 30.3. The molecule has 4 heterocycles. The molecule has 0 saturated carbocycles. The SMILES string of the molecule is COc1cc(-c2nc3ccccn3c2-c2ccnc(Nc3ccc(N4CCC(N(C)C)CC4)cc3)n2)ccc1OCc1ccccc1. The number of hydrogen-bond donors (Lipinski definition) is 1. The molecule has 9 heteroatoms. The largest absolute Gasteiger partial charge is 0.493 e. The van der Waals surface area contributed by atoms with E-state index in [1.54, 1.807) is 13.3 Å². The first-order chi connectivity index (χ1) is 23.1. The molecule has 47 heavy (non-hydrogen) atoms. The highest BCUT2D eigenvalue weighted by Gasteiger charge is 2.21. The molecule has 238 valence electrons. The zero-order valence-corrected chi connectivity index (χ0v) is 27.0. The lowest BCUT2D eigenvalue weighted by molar-refractivity contribution is 0.249. The Bertz CT molecular complexity index is 1950. The number of ether oxygens (including phenoxy) is 2. The van der Waals surface area contributed by atoms with Crippen molar-refractivity contribution >= 4 is 23.0 Å². The van der Waals surface area contributed by atoms with Gasteiger partial charge in [-0.2, -0.15) is 0 Å². The molecule has 7 rings (SSSR count). The van der Waals surface area contributed by atoms with Crippen molar-refractivity contribution in [3.8, 4) is 34.1 Å². The van der Waals surface area contributed by atoms with Crippen LogP contribution in [-0.4, -0.2) is 64.6 Å². The van der Waals surface area contributed by atoms with E-state index >= 15 is 0 Å². The van der Waals surface area contributed by atoms with Gasteiger partial charge in [0.2, 0.25) is 5.95 Å². The molecule has 0 atom stereocenters. The maximum Gasteiger partial charge on any atom is 0.227 e. The highest BCUT2D eigenvalue weighted by atomic mass is 16.5. The smallest absolute Gasteiger partial charge is 0.227 e. The van der Waals surface area contributed by atoms with Crippen molar-refractivity contribution in [2.45, 2.75) is 25.5 Å². The van der Waals surface area contributed by atoms with Gasteiger partial charge in [0, 0.05) is 48.5 Å².